The van der Waals surface area contributed by atoms with Gasteiger partial charge >= 0.3 is 11.9 Å². The smallest absolute Gasteiger partial charge is 0.341 e. The van der Waals surface area contributed by atoms with Gasteiger partial charge in [0.1, 0.15) is 23.7 Å². The molecule has 6 heteroatoms. The molecule has 1 N–H and O–H groups in total. The van der Waals surface area contributed by atoms with Crippen LogP contribution in [0.1, 0.15) is 32.2 Å². The van der Waals surface area contributed by atoms with Crippen molar-refractivity contribution in [3.63, 3.8) is 0 Å². The van der Waals surface area contributed by atoms with Gasteiger partial charge in [0.15, 0.2) is 0 Å². The number of fused-ring (bicyclic) bond motifs is 1. The van der Waals surface area contributed by atoms with E-state index in [0.29, 0.717) is 22.6 Å². The summed E-state index contributed by atoms with van der Waals surface area (Å²) in [7, 11) is 1.30. The number of methoxy groups -OCH3 is 1. The Labute approximate surface area is 132 Å². The number of rotatable bonds is 4. The number of esters is 2. The zero-order chi connectivity index (χ0) is 16.4. The lowest BCUT2D eigenvalue weighted by Crippen LogP contribution is -2.04. The first-order valence-electron chi connectivity index (χ1n) is 7.01. The molecule has 118 valence electrons. The van der Waals surface area contributed by atoms with Crippen molar-refractivity contribution in [2.45, 2.75) is 13.5 Å². The minimum atomic E-state index is -0.486. The molecule has 0 atom stereocenters. The van der Waals surface area contributed by atoms with Gasteiger partial charge in [-0.15, -0.1) is 0 Å². The maximum atomic E-state index is 12.2. The van der Waals surface area contributed by atoms with Crippen molar-refractivity contribution in [1.29, 1.82) is 0 Å². The highest BCUT2D eigenvalue weighted by atomic mass is 16.5. The van der Waals surface area contributed by atoms with Gasteiger partial charge in [-0.05, 0) is 19.1 Å². The Morgan fingerprint density at radius 3 is 2.74 bits per heavy atom. The van der Waals surface area contributed by atoms with E-state index in [2.05, 4.69) is 9.72 Å². The molecule has 3 rings (SSSR count). The largest absolute Gasteiger partial charge is 0.465 e. The van der Waals surface area contributed by atoms with Crippen molar-refractivity contribution in [1.82, 2.24) is 4.98 Å². The van der Waals surface area contributed by atoms with Crippen LogP contribution in [0.5, 0.6) is 0 Å². The maximum Gasteiger partial charge on any atom is 0.341 e. The fraction of sp³-hybridized carbons (Fsp3) is 0.176. The average molecular weight is 313 g/mol. The third-order valence-electron chi connectivity index (χ3n) is 3.53. The van der Waals surface area contributed by atoms with Crippen LogP contribution in [-0.2, 0) is 16.1 Å². The predicted molar refractivity (Wildman–Crippen MR) is 82.2 cm³/mol. The van der Waals surface area contributed by atoms with Crippen molar-refractivity contribution < 1.29 is 23.5 Å². The minimum Gasteiger partial charge on any atom is -0.465 e. The highest BCUT2D eigenvalue weighted by molar-refractivity contribution is 6.04. The highest BCUT2D eigenvalue weighted by Crippen LogP contribution is 2.20. The van der Waals surface area contributed by atoms with Crippen LogP contribution in [-0.4, -0.2) is 24.0 Å². The van der Waals surface area contributed by atoms with E-state index in [0.717, 1.165) is 10.9 Å². The van der Waals surface area contributed by atoms with E-state index < -0.39 is 11.9 Å². The zero-order valence-electron chi connectivity index (χ0n) is 12.7. The fourth-order valence-electron chi connectivity index (χ4n) is 2.38. The predicted octanol–water partition coefficient (Wildman–Crippen LogP) is 3.21. The second kappa shape index (κ2) is 6.00. The van der Waals surface area contributed by atoms with Crippen molar-refractivity contribution >= 4 is 22.8 Å². The molecule has 3 aromatic rings. The van der Waals surface area contributed by atoms with E-state index in [4.69, 9.17) is 9.15 Å². The van der Waals surface area contributed by atoms with Gasteiger partial charge in [0.05, 0.1) is 12.7 Å². The third-order valence-corrected chi connectivity index (χ3v) is 3.53. The monoisotopic (exact) mass is 313 g/mol. The van der Waals surface area contributed by atoms with Gasteiger partial charge in [-0.25, -0.2) is 9.59 Å². The van der Waals surface area contributed by atoms with Gasteiger partial charge in [-0.2, -0.15) is 0 Å². The normalized spacial score (nSPS) is 10.7. The Morgan fingerprint density at radius 1 is 1.17 bits per heavy atom. The molecule has 0 amide bonds. The lowest BCUT2D eigenvalue weighted by atomic mass is 10.2. The zero-order valence-corrected chi connectivity index (χ0v) is 12.7. The minimum absolute atomic E-state index is 0.0594. The number of aromatic amines is 1. The molecule has 6 nitrogen and oxygen atoms in total. The number of furan rings is 1. The molecule has 0 aliphatic heterocycles. The molecule has 0 saturated carbocycles. The van der Waals surface area contributed by atoms with Crippen LogP contribution in [0.2, 0.25) is 0 Å². The number of carbonyl (C=O) groups is 2. The van der Waals surface area contributed by atoms with Crippen LogP contribution >= 0.6 is 0 Å². The summed E-state index contributed by atoms with van der Waals surface area (Å²) in [5, 5.41) is 0.795. The Morgan fingerprint density at radius 2 is 1.96 bits per heavy atom. The fourth-order valence-corrected chi connectivity index (χ4v) is 2.38. The number of nitrogens with one attached hydrogen (secondary N) is 1. The van der Waals surface area contributed by atoms with Crippen LogP contribution in [0.4, 0.5) is 0 Å². The van der Waals surface area contributed by atoms with Gasteiger partial charge in [0, 0.05) is 17.1 Å². The topological polar surface area (TPSA) is 81.5 Å². The van der Waals surface area contributed by atoms with Crippen molar-refractivity contribution in [2.24, 2.45) is 0 Å². The number of hydrogen-bond donors (Lipinski definition) is 1. The summed E-state index contributed by atoms with van der Waals surface area (Å²) in [5.74, 6) is -0.136. The first kappa shape index (κ1) is 14.9. The lowest BCUT2D eigenvalue weighted by Gasteiger charge is -2.01. The van der Waals surface area contributed by atoms with Gasteiger partial charge in [-0.1, -0.05) is 18.2 Å². The number of para-hydroxylation sites is 1. The number of hydrogen-bond acceptors (Lipinski definition) is 5. The second-order valence-corrected chi connectivity index (χ2v) is 5.00. The number of carbonyl (C=O) groups excluding carboxylic acids is 2. The molecule has 0 radical (unpaired) electrons. The Balaban J connectivity index is 1.73. The van der Waals surface area contributed by atoms with Crippen LogP contribution in [0.25, 0.3) is 10.9 Å². The Kier molecular flexibility index (Phi) is 3.89. The molecule has 0 aliphatic carbocycles. The molecular formula is C17H15NO5. The van der Waals surface area contributed by atoms with E-state index in [9.17, 15) is 9.59 Å². The van der Waals surface area contributed by atoms with Crippen LogP contribution < -0.4 is 0 Å². The third kappa shape index (κ3) is 2.83. The quantitative estimate of drug-likeness (QED) is 0.748. The Bertz CT molecular complexity index is 874. The molecule has 0 bridgehead atoms. The summed E-state index contributed by atoms with van der Waals surface area (Å²) in [6.45, 7) is 1.59. The van der Waals surface area contributed by atoms with Gasteiger partial charge in [0.2, 0.25) is 0 Å². The van der Waals surface area contributed by atoms with E-state index in [1.165, 1.54) is 13.2 Å². The Hall–Kier alpha value is -3.02. The molecule has 0 fully saturated rings. The number of benzene rings is 1. The summed E-state index contributed by atoms with van der Waals surface area (Å²) >= 11 is 0. The van der Waals surface area contributed by atoms with E-state index >= 15 is 0 Å². The first-order valence-corrected chi connectivity index (χ1v) is 7.01. The number of ether oxygens (including phenoxy) is 2. The summed E-state index contributed by atoms with van der Waals surface area (Å²) in [4.78, 5) is 26.7. The number of aryl methyl sites for hydroxylation is 1. The van der Waals surface area contributed by atoms with Crippen molar-refractivity contribution in [3.8, 4) is 0 Å². The standard InChI is InChI=1S/C17H15NO5/c1-10-13(16(19)21-2)7-11(23-10)9-22-17(20)14-8-18-15-6-4-3-5-12(14)15/h3-8,18H,9H2,1-2H3. The summed E-state index contributed by atoms with van der Waals surface area (Å²) < 4.78 is 15.3. The average Bonchev–Trinajstić information content (AvgIpc) is 3.15. The molecule has 0 spiro atoms. The van der Waals surface area contributed by atoms with Crippen LogP contribution in [0.3, 0.4) is 0 Å². The molecule has 2 heterocycles. The van der Waals surface area contributed by atoms with Gasteiger partial charge in [0.25, 0.3) is 0 Å². The van der Waals surface area contributed by atoms with E-state index in [-0.39, 0.29) is 6.61 Å². The van der Waals surface area contributed by atoms with Crippen LogP contribution in [0.15, 0.2) is 40.9 Å². The molecule has 2 aromatic heterocycles. The SMILES string of the molecule is COC(=O)c1cc(COC(=O)c2c[nH]c3ccccc23)oc1C. The molecule has 0 aliphatic rings. The molecule has 0 saturated heterocycles. The van der Waals surface area contributed by atoms with Crippen LogP contribution in [0, 0.1) is 6.92 Å². The molecular weight excluding hydrogens is 298 g/mol. The van der Waals surface area contributed by atoms with Crippen molar-refractivity contribution in [3.05, 3.63) is 59.2 Å². The summed E-state index contributed by atoms with van der Waals surface area (Å²) in [5.41, 5.74) is 1.64. The first-order chi connectivity index (χ1) is 11.1. The number of aromatic nitrogens is 1. The maximum absolute atomic E-state index is 12.2. The molecule has 0 unspecified atom stereocenters. The summed E-state index contributed by atoms with van der Waals surface area (Å²) in [6.07, 6.45) is 1.61. The van der Waals surface area contributed by atoms with Crippen molar-refractivity contribution in [2.75, 3.05) is 7.11 Å². The molecule has 1 aromatic carbocycles. The van der Waals surface area contributed by atoms with E-state index in [1.807, 2.05) is 24.3 Å². The summed E-state index contributed by atoms with van der Waals surface area (Å²) in [6, 6.07) is 8.97. The van der Waals surface area contributed by atoms with Gasteiger partial charge < -0.3 is 18.9 Å². The second-order valence-electron chi connectivity index (χ2n) is 5.00. The molecule has 23 heavy (non-hydrogen) atoms. The van der Waals surface area contributed by atoms with E-state index in [1.54, 1.807) is 13.1 Å². The lowest BCUT2D eigenvalue weighted by molar-refractivity contribution is 0.0446. The highest BCUT2D eigenvalue weighted by Gasteiger charge is 2.18. The van der Waals surface area contributed by atoms with Gasteiger partial charge in [-0.3, -0.25) is 0 Å². The number of H-pyrrole nitrogens is 1.